The number of amides is 1. The zero-order valence-corrected chi connectivity index (χ0v) is 17.8. The molecule has 5 nitrogen and oxygen atoms in total. The van der Waals surface area contributed by atoms with Crippen molar-refractivity contribution in [1.29, 1.82) is 0 Å². The SMILES string of the molecule is CCCCOCCCCOCCCNC(=O)C1CCC(C(=O)C(C)C)CC1. The van der Waals surface area contributed by atoms with Crippen LogP contribution in [0.15, 0.2) is 0 Å². The fourth-order valence-electron chi connectivity index (χ4n) is 3.50. The molecule has 0 aromatic heterocycles. The summed E-state index contributed by atoms with van der Waals surface area (Å²) in [7, 11) is 0. The van der Waals surface area contributed by atoms with Gasteiger partial charge in [0, 0.05) is 50.7 Å². The number of carbonyl (C=O) groups excluding carboxylic acids is 2. The quantitative estimate of drug-likeness (QED) is 0.432. The highest BCUT2D eigenvalue weighted by atomic mass is 16.5. The monoisotopic (exact) mass is 383 g/mol. The molecular weight excluding hydrogens is 342 g/mol. The maximum Gasteiger partial charge on any atom is 0.223 e. The second kappa shape index (κ2) is 15.0. The topological polar surface area (TPSA) is 64.6 Å². The summed E-state index contributed by atoms with van der Waals surface area (Å²) in [5.41, 5.74) is 0. The van der Waals surface area contributed by atoms with Gasteiger partial charge in [-0.3, -0.25) is 9.59 Å². The third-order valence-corrected chi connectivity index (χ3v) is 5.30. The molecular formula is C22H41NO4. The van der Waals surface area contributed by atoms with Gasteiger partial charge in [-0.05, 0) is 51.4 Å². The third-order valence-electron chi connectivity index (χ3n) is 5.30. The summed E-state index contributed by atoms with van der Waals surface area (Å²) in [6.45, 7) is 9.90. The molecule has 0 bridgehead atoms. The lowest BCUT2D eigenvalue weighted by molar-refractivity contribution is -0.130. The second-order valence-corrected chi connectivity index (χ2v) is 8.04. The lowest BCUT2D eigenvalue weighted by Crippen LogP contribution is -2.35. The van der Waals surface area contributed by atoms with E-state index in [1.165, 1.54) is 6.42 Å². The lowest BCUT2D eigenvalue weighted by atomic mass is 9.77. The maximum absolute atomic E-state index is 12.2. The Balaban J connectivity index is 1.94. The van der Waals surface area contributed by atoms with Crippen molar-refractivity contribution in [2.24, 2.45) is 17.8 Å². The number of carbonyl (C=O) groups is 2. The molecule has 0 heterocycles. The van der Waals surface area contributed by atoms with Crippen molar-refractivity contribution < 1.29 is 19.1 Å². The molecule has 5 heteroatoms. The molecule has 0 atom stereocenters. The van der Waals surface area contributed by atoms with E-state index in [0.717, 1.165) is 71.2 Å². The van der Waals surface area contributed by atoms with Gasteiger partial charge in [0.2, 0.25) is 5.91 Å². The molecule has 158 valence electrons. The molecule has 1 aliphatic rings. The Kier molecular flexibility index (Phi) is 13.4. The maximum atomic E-state index is 12.2. The minimum Gasteiger partial charge on any atom is -0.381 e. The van der Waals surface area contributed by atoms with Crippen LogP contribution in [-0.2, 0) is 19.1 Å². The van der Waals surface area contributed by atoms with Gasteiger partial charge in [0.15, 0.2) is 0 Å². The molecule has 0 spiro atoms. The Labute approximate surface area is 165 Å². The van der Waals surface area contributed by atoms with E-state index >= 15 is 0 Å². The summed E-state index contributed by atoms with van der Waals surface area (Å²) in [6.07, 6.45) is 8.63. The van der Waals surface area contributed by atoms with Crippen LogP contribution in [0.2, 0.25) is 0 Å². The first kappa shape index (κ1) is 24.1. The molecule has 1 N–H and O–H groups in total. The van der Waals surface area contributed by atoms with Crippen LogP contribution >= 0.6 is 0 Å². The summed E-state index contributed by atoms with van der Waals surface area (Å²) in [6, 6.07) is 0. The van der Waals surface area contributed by atoms with Crippen LogP contribution in [0.25, 0.3) is 0 Å². The van der Waals surface area contributed by atoms with Crippen molar-refractivity contribution in [2.45, 2.75) is 78.6 Å². The Morgan fingerprint density at radius 3 is 1.93 bits per heavy atom. The predicted octanol–water partition coefficient (Wildman–Crippen LogP) is 4.14. The fourth-order valence-corrected chi connectivity index (χ4v) is 3.50. The van der Waals surface area contributed by atoms with Gasteiger partial charge in [0.25, 0.3) is 0 Å². The Morgan fingerprint density at radius 1 is 0.852 bits per heavy atom. The van der Waals surface area contributed by atoms with Crippen LogP contribution in [0.4, 0.5) is 0 Å². The van der Waals surface area contributed by atoms with Crippen molar-refractivity contribution in [3.05, 3.63) is 0 Å². The molecule has 1 saturated carbocycles. The number of unbranched alkanes of at least 4 members (excludes halogenated alkanes) is 2. The van der Waals surface area contributed by atoms with Crippen molar-refractivity contribution >= 4 is 11.7 Å². The highest BCUT2D eigenvalue weighted by Gasteiger charge is 2.30. The number of hydrogen-bond acceptors (Lipinski definition) is 4. The van der Waals surface area contributed by atoms with E-state index in [0.29, 0.717) is 18.9 Å². The molecule has 0 saturated heterocycles. The van der Waals surface area contributed by atoms with E-state index < -0.39 is 0 Å². The predicted molar refractivity (Wildman–Crippen MR) is 109 cm³/mol. The number of hydrogen-bond donors (Lipinski definition) is 1. The van der Waals surface area contributed by atoms with Crippen LogP contribution in [0, 0.1) is 17.8 Å². The summed E-state index contributed by atoms with van der Waals surface area (Å²) < 4.78 is 11.1. The number of nitrogens with one attached hydrogen (secondary N) is 1. The summed E-state index contributed by atoms with van der Waals surface area (Å²) >= 11 is 0. The molecule has 27 heavy (non-hydrogen) atoms. The normalized spacial score (nSPS) is 20.0. The fraction of sp³-hybridized carbons (Fsp3) is 0.909. The van der Waals surface area contributed by atoms with Crippen LogP contribution in [0.5, 0.6) is 0 Å². The lowest BCUT2D eigenvalue weighted by Gasteiger charge is -2.27. The highest BCUT2D eigenvalue weighted by Crippen LogP contribution is 2.31. The molecule has 0 aliphatic heterocycles. The van der Waals surface area contributed by atoms with Crippen molar-refractivity contribution in [3.63, 3.8) is 0 Å². The van der Waals surface area contributed by atoms with Crippen LogP contribution < -0.4 is 5.32 Å². The third kappa shape index (κ3) is 10.8. The van der Waals surface area contributed by atoms with Crippen molar-refractivity contribution in [3.8, 4) is 0 Å². The van der Waals surface area contributed by atoms with E-state index in [4.69, 9.17) is 9.47 Å². The number of rotatable bonds is 15. The van der Waals surface area contributed by atoms with Gasteiger partial charge in [-0.15, -0.1) is 0 Å². The van der Waals surface area contributed by atoms with Crippen LogP contribution in [0.3, 0.4) is 0 Å². The molecule has 0 aromatic carbocycles. The molecule has 0 radical (unpaired) electrons. The van der Waals surface area contributed by atoms with Crippen LogP contribution in [-0.4, -0.2) is 44.7 Å². The zero-order valence-electron chi connectivity index (χ0n) is 17.8. The van der Waals surface area contributed by atoms with Gasteiger partial charge >= 0.3 is 0 Å². The van der Waals surface area contributed by atoms with Gasteiger partial charge in [-0.1, -0.05) is 27.2 Å². The first-order valence-electron chi connectivity index (χ1n) is 11.0. The largest absolute Gasteiger partial charge is 0.381 e. The second-order valence-electron chi connectivity index (χ2n) is 8.04. The highest BCUT2D eigenvalue weighted by molar-refractivity contribution is 5.83. The molecule has 1 fully saturated rings. The van der Waals surface area contributed by atoms with Gasteiger partial charge in [-0.2, -0.15) is 0 Å². The number of ketones is 1. The number of ether oxygens (including phenoxy) is 2. The zero-order chi connectivity index (χ0) is 19.9. The molecule has 1 amide bonds. The smallest absolute Gasteiger partial charge is 0.223 e. The van der Waals surface area contributed by atoms with E-state index in [2.05, 4.69) is 12.2 Å². The standard InChI is InChI=1S/C22H41NO4/c1-4-5-14-26-15-6-7-16-27-17-8-13-23-22(25)20-11-9-19(10-12-20)21(24)18(2)3/h18-20H,4-17H2,1-3H3,(H,23,25). The average Bonchev–Trinajstić information content (AvgIpc) is 2.68. The van der Waals surface area contributed by atoms with E-state index in [1.54, 1.807) is 0 Å². The first-order chi connectivity index (χ1) is 13.1. The van der Waals surface area contributed by atoms with Gasteiger partial charge in [-0.25, -0.2) is 0 Å². The van der Waals surface area contributed by atoms with Crippen LogP contribution in [0.1, 0.15) is 78.6 Å². The van der Waals surface area contributed by atoms with Crippen molar-refractivity contribution in [1.82, 2.24) is 5.32 Å². The van der Waals surface area contributed by atoms with Gasteiger partial charge in [0.1, 0.15) is 5.78 Å². The average molecular weight is 384 g/mol. The van der Waals surface area contributed by atoms with E-state index in [1.807, 2.05) is 13.8 Å². The molecule has 1 aliphatic carbocycles. The van der Waals surface area contributed by atoms with E-state index in [-0.39, 0.29) is 23.7 Å². The summed E-state index contributed by atoms with van der Waals surface area (Å²) in [5.74, 6) is 0.858. The Hall–Kier alpha value is -0.940. The van der Waals surface area contributed by atoms with E-state index in [9.17, 15) is 9.59 Å². The minimum atomic E-state index is 0.0786. The summed E-state index contributed by atoms with van der Waals surface area (Å²) in [4.78, 5) is 24.3. The minimum absolute atomic E-state index is 0.0786. The van der Waals surface area contributed by atoms with Gasteiger partial charge < -0.3 is 14.8 Å². The van der Waals surface area contributed by atoms with Gasteiger partial charge in [0.05, 0.1) is 0 Å². The van der Waals surface area contributed by atoms with Crippen molar-refractivity contribution in [2.75, 3.05) is 33.0 Å². The molecule has 0 aromatic rings. The number of Topliss-reactive ketones (excluding diaryl/α,β-unsaturated/α-hetero) is 1. The summed E-state index contributed by atoms with van der Waals surface area (Å²) in [5, 5.41) is 3.03. The first-order valence-corrected chi connectivity index (χ1v) is 11.0. The molecule has 0 unspecified atom stereocenters. The molecule has 1 rings (SSSR count). The Bertz CT molecular complexity index is 403. The Morgan fingerprint density at radius 2 is 1.37 bits per heavy atom.